The maximum Gasteiger partial charge on any atom is 0.252 e. The zero-order valence-electron chi connectivity index (χ0n) is 19.5. The normalized spacial score (nSPS) is 27.3. The number of hydrogen-bond donors (Lipinski definition) is 2. The van der Waals surface area contributed by atoms with E-state index in [1.54, 1.807) is 10.6 Å². The van der Waals surface area contributed by atoms with Crippen LogP contribution >= 0.6 is 0 Å². The number of nitrogens with one attached hydrogen (secondary N) is 1. The number of anilines is 1. The van der Waals surface area contributed by atoms with E-state index >= 15 is 0 Å². The highest BCUT2D eigenvalue weighted by molar-refractivity contribution is 5.88. The minimum atomic E-state index is -0.551. The Kier molecular flexibility index (Phi) is 6.34. The van der Waals surface area contributed by atoms with Gasteiger partial charge in [-0.3, -0.25) is 14.4 Å². The third kappa shape index (κ3) is 4.70. The molecule has 3 fully saturated rings. The maximum atomic E-state index is 13.5. The summed E-state index contributed by atoms with van der Waals surface area (Å²) in [5, 5.41) is 2.97. The second-order valence-corrected chi connectivity index (χ2v) is 10.2. The summed E-state index contributed by atoms with van der Waals surface area (Å²) in [7, 11) is 0. The van der Waals surface area contributed by atoms with Gasteiger partial charge in [0.15, 0.2) is 0 Å². The summed E-state index contributed by atoms with van der Waals surface area (Å²) in [6, 6.07) is 3.80. The van der Waals surface area contributed by atoms with E-state index in [-0.39, 0.29) is 41.3 Å². The lowest BCUT2D eigenvalue weighted by Crippen LogP contribution is -2.57. The summed E-state index contributed by atoms with van der Waals surface area (Å²) in [5.41, 5.74) is 6.44. The van der Waals surface area contributed by atoms with Crippen LogP contribution in [0, 0.1) is 11.8 Å². The Morgan fingerprint density at radius 2 is 1.84 bits per heavy atom. The first-order valence-corrected chi connectivity index (χ1v) is 12.1. The maximum absolute atomic E-state index is 13.5. The molecule has 2 aliphatic carbocycles. The van der Waals surface area contributed by atoms with Crippen molar-refractivity contribution in [1.82, 2.24) is 14.8 Å². The average Bonchev–Trinajstić information content (AvgIpc) is 3.49. The Balaban J connectivity index is 1.42. The van der Waals surface area contributed by atoms with Crippen molar-refractivity contribution in [2.45, 2.75) is 77.0 Å². The van der Waals surface area contributed by atoms with Gasteiger partial charge in [-0.05, 0) is 52.5 Å². The fourth-order valence-corrected chi connectivity index (χ4v) is 5.17. The number of amides is 2. The fraction of sp³-hybridized carbons (Fsp3) is 0.708. The van der Waals surface area contributed by atoms with Gasteiger partial charge >= 0.3 is 0 Å². The predicted octanol–water partition coefficient (Wildman–Crippen LogP) is 1.84. The van der Waals surface area contributed by atoms with Crippen molar-refractivity contribution in [2.75, 3.05) is 24.5 Å². The second kappa shape index (κ2) is 8.89. The van der Waals surface area contributed by atoms with Crippen LogP contribution in [0.1, 0.15) is 65.3 Å². The minimum absolute atomic E-state index is 0.00643. The molecule has 1 saturated heterocycles. The number of aromatic nitrogens is 1. The molecule has 1 unspecified atom stereocenters. The van der Waals surface area contributed by atoms with Crippen LogP contribution in [0.15, 0.2) is 23.1 Å². The lowest BCUT2D eigenvalue weighted by molar-refractivity contribution is -0.146. The summed E-state index contributed by atoms with van der Waals surface area (Å²) < 4.78 is 1.72. The molecule has 1 aromatic heterocycles. The first kappa shape index (κ1) is 22.8. The van der Waals surface area contributed by atoms with Gasteiger partial charge in [-0.15, -0.1) is 0 Å². The standard InChI is InChI=1S/C24H37N5O3/c1-16(2)28-11-8-18(14-21(28)30)27-12-13-29(17(3)15-27)23(32)20-7-5-4-6-19(20)22(31)26-24(25)9-10-24/h8,11,14,16-17,19-20H,4-7,9-10,12-13,15,25H2,1-3H3,(H,26,31)/t17?,19-,20-/m1/s1. The molecule has 1 aromatic rings. The molecule has 0 spiro atoms. The van der Waals surface area contributed by atoms with Crippen LogP contribution in [0.5, 0.6) is 0 Å². The van der Waals surface area contributed by atoms with E-state index in [9.17, 15) is 14.4 Å². The molecule has 8 nitrogen and oxygen atoms in total. The number of carbonyl (C=O) groups is 2. The topological polar surface area (TPSA) is 101 Å². The monoisotopic (exact) mass is 443 g/mol. The molecule has 4 rings (SSSR count). The molecule has 2 heterocycles. The summed E-state index contributed by atoms with van der Waals surface area (Å²) in [4.78, 5) is 42.9. The van der Waals surface area contributed by atoms with E-state index in [4.69, 9.17) is 5.73 Å². The average molecular weight is 444 g/mol. The zero-order valence-corrected chi connectivity index (χ0v) is 19.5. The molecule has 3 N–H and O–H groups in total. The molecule has 32 heavy (non-hydrogen) atoms. The lowest BCUT2D eigenvalue weighted by Gasteiger charge is -2.43. The Hall–Kier alpha value is -2.35. The Morgan fingerprint density at radius 1 is 1.16 bits per heavy atom. The highest BCUT2D eigenvalue weighted by Crippen LogP contribution is 2.35. The highest BCUT2D eigenvalue weighted by atomic mass is 16.2. The van der Waals surface area contributed by atoms with Gasteiger partial charge in [-0.25, -0.2) is 0 Å². The van der Waals surface area contributed by atoms with Gasteiger partial charge < -0.3 is 25.4 Å². The number of nitrogens with zero attached hydrogens (tertiary/aromatic N) is 3. The van der Waals surface area contributed by atoms with Gasteiger partial charge in [0.1, 0.15) is 0 Å². The molecule has 3 aliphatic rings. The van der Waals surface area contributed by atoms with Crippen molar-refractivity contribution in [3.8, 4) is 0 Å². The third-order valence-corrected chi connectivity index (χ3v) is 7.34. The van der Waals surface area contributed by atoms with Crippen LogP contribution in [0.3, 0.4) is 0 Å². The molecule has 2 saturated carbocycles. The quantitative estimate of drug-likeness (QED) is 0.677. The fourth-order valence-electron chi connectivity index (χ4n) is 5.17. The molecule has 1 aliphatic heterocycles. The molecule has 0 bridgehead atoms. The van der Waals surface area contributed by atoms with Gasteiger partial charge in [0.2, 0.25) is 11.8 Å². The number of carbonyl (C=O) groups excluding carboxylic acids is 2. The van der Waals surface area contributed by atoms with E-state index in [0.717, 1.165) is 44.2 Å². The molecule has 3 atom stereocenters. The Morgan fingerprint density at radius 3 is 2.44 bits per heavy atom. The van der Waals surface area contributed by atoms with Crippen LogP contribution in [0.25, 0.3) is 0 Å². The van der Waals surface area contributed by atoms with E-state index < -0.39 is 5.66 Å². The molecule has 0 radical (unpaired) electrons. The van der Waals surface area contributed by atoms with Crippen LogP contribution in [-0.4, -0.2) is 52.6 Å². The van der Waals surface area contributed by atoms with Crippen molar-refractivity contribution in [3.05, 3.63) is 28.7 Å². The molecular weight excluding hydrogens is 406 g/mol. The molecule has 8 heteroatoms. The van der Waals surface area contributed by atoms with E-state index in [1.807, 2.05) is 31.0 Å². The van der Waals surface area contributed by atoms with Crippen molar-refractivity contribution >= 4 is 17.5 Å². The van der Waals surface area contributed by atoms with Crippen LogP contribution in [-0.2, 0) is 9.59 Å². The lowest BCUT2D eigenvalue weighted by atomic mass is 9.77. The first-order valence-electron chi connectivity index (χ1n) is 12.1. The number of rotatable bonds is 5. The number of pyridine rings is 1. The van der Waals surface area contributed by atoms with E-state index in [0.29, 0.717) is 19.6 Å². The second-order valence-electron chi connectivity index (χ2n) is 10.2. The zero-order chi connectivity index (χ0) is 23.0. The van der Waals surface area contributed by atoms with E-state index in [2.05, 4.69) is 17.1 Å². The minimum Gasteiger partial charge on any atom is -0.367 e. The van der Waals surface area contributed by atoms with Gasteiger partial charge in [0, 0.05) is 61.5 Å². The smallest absolute Gasteiger partial charge is 0.252 e. The molecule has 0 aromatic carbocycles. The third-order valence-electron chi connectivity index (χ3n) is 7.34. The predicted molar refractivity (Wildman–Crippen MR) is 124 cm³/mol. The summed E-state index contributed by atoms with van der Waals surface area (Å²) in [6.45, 7) is 7.98. The van der Waals surface area contributed by atoms with Gasteiger partial charge in [0.05, 0.1) is 5.66 Å². The molecular formula is C24H37N5O3. The van der Waals surface area contributed by atoms with Crippen LogP contribution in [0.4, 0.5) is 5.69 Å². The van der Waals surface area contributed by atoms with E-state index in [1.165, 1.54) is 0 Å². The summed E-state index contributed by atoms with van der Waals surface area (Å²) in [6.07, 6.45) is 6.93. The van der Waals surface area contributed by atoms with Crippen molar-refractivity contribution in [1.29, 1.82) is 0 Å². The molecule has 176 valence electrons. The number of nitrogens with two attached hydrogens (primary N) is 1. The number of hydrogen-bond acceptors (Lipinski definition) is 5. The van der Waals surface area contributed by atoms with Crippen molar-refractivity contribution < 1.29 is 9.59 Å². The van der Waals surface area contributed by atoms with Crippen molar-refractivity contribution in [3.63, 3.8) is 0 Å². The SMILES string of the molecule is CC1CN(c2ccn(C(C)C)c(=O)c2)CCN1C(=O)[C@@H]1CCCC[C@H]1C(=O)NC1(N)CC1. The first-order chi connectivity index (χ1) is 15.2. The van der Waals surface area contributed by atoms with Crippen LogP contribution in [0.2, 0.25) is 0 Å². The summed E-state index contributed by atoms with van der Waals surface area (Å²) in [5.74, 6) is -0.518. The van der Waals surface area contributed by atoms with Gasteiger partial charge in [0.25, 0.3) is 5.56 Å². The van der Waals surface area contributed by atoms with Crippen molar-refractivity contribution in [2.24, 2.45) is 17.6 Å². The van der Waals surface area contributed by atoms with Gasteiger partial charge in [-0.1, -0.05) is 12.8 Å². The largest absolute Gasteiger partial charge is 0.367 e. The van der Waals surface area contributed by atoms with Gasteiger partial charge in [-0.2, -0.15) is 0 Å². The Labute approximate surface area is 190 Å². The summed E-state index contributed by atoms with van der Waals surface area (Å²) >= 11 is 0. The Bertz CT molecular complexity index is 922. The highest BCUT2D eigenvalue weighted by Gasteiger charge is 2.45. The molecule has 2 amide bonds. The van der Waals surface area contributed by atoms with Crippen LogP contribution < -0.4 is 21.5 Å². The number of piperazine rings is 1.